The molecule has 0 spiro atoms. The molecule has 0 radical (unpaired) electrons. The summed E-state index contributed by atoms with van der Waals surface area (Å²) in [7, 11) is 0. The molecule has 0 bridgehead atoms. The zero-order chi connectivity index (χ0) is 12.6. The lowest BCUT2D eigenvalue weighted by atomic mass is 10.2. The van der Waals surface area contributed by atoms with Gasteiger partial charge in [0.05, 0.1) is 0 Å². The van der Waals surface area contributed by atoms with Gasteiger partial charge in [0, 0.05) is 0 Å². The first kappa shape index (κ1) is 18.3. The topological polar surface area (TPSA) is 29.3 Å². The molecule has 0 aromatic rings. The number of rotatable bonds is 9. The van der Waals surface area contributed by atoms with E-state index in [4.69, 9.17) is 5.73 Å². The Morgan fingerprint density at radius 1 is 0.688 bits per heavy atom. The summed E-state index contributed by atoms with van der Waals surface area (Å²) in [6.07, 6.45) is 8.09. The van der Waals surface area contributed by atoms with Crippen LogP contribution in [0.2, 0.25) is 0 Å². The predicted molar refractivity (Wildman–Crippen MR) is 75.9 cm³/mol. The standard InChI is InChI=1S/C12H27N.C2H7N/c1-4-7-10-13(11-8-5-2)12-9-6-3;1-2-3/h4-12H2,1-3H3;2-3H2,1H3. The molecule has 0 aliphatic heterocycles. The zero-order valence-electron chi connectivity index (χ0n) is 12.1. The van der Waals surface area contributed by atoms with Crippen molar-refractivity contribution in [3.63, 3.8) is 0 Å². The summed E-state index contributed by atoms with van der Waals surface area (Å²) in [6, 6.07) is 0. The Labute approximate surface area is 104 Å². The van der Waals surface area contributed by atoms with Gasteiger partial charge in [0.15, 0.2) is 0 Å². The lowest BCUT2D eigenvalue weighted by Gasteiger charge is -2.21. The number of hydrogen-bond acceptors (Lipinski definition) is 2. The van der Waals surface area contributed by atoms with Gasteiger partial charge in [-0.3, -0.25) is 0 Å². The summed E-state index contributed by atoms with van der Waals surface area (Å²) < 4.78 is 0. The SMILES string of the molecule is CCCCN(CCCC)CCCC.CCN. The first-order valence-corrected chi connectivity index (χ1v) is 7.19. The number of unbranched alkanes of at least 4 members (excludes halogenated alkanes) is 3. The quantitative estimate of drug-likeness (QED) is 0.655. The van der Waals surface area contributed by atoms with Crippen molar-refractivity contribution in [1.82, 2.24) is 4.90 Å². The smallest absolute Gasteiger partial charge is 0.00188 e. The molecule has 0 fully saturated rings. The minimum atomic E-state index is 0.750. The monoisotopic (exact) mass is 230 g/mol. The molecule has 100 valence electrons. The third-order valence-corrected chi connectivity index (χ3v) is 2.48. The van der Waals surface area contributed by atoms with Gasteiger partial charge in [-0.25, -0.2) is 0 Å². The average molecular weight is 230 g/mol. The van der Waals surface area contributed by atoms with Gasteiger partial charge in [-0.1, -0.05) is 47.0 Å². The maximum atomic E-state index is 4.85. The third kappa shape index (κ3) is 16.4. The van der Waals surface area contributed by atoms with Crippen LogP contribution in [0.25, 0.3) is 0 Å². The van der Waals surface area contributed by atoms with E-state index in [2.05, 4.69) is 25.7 Å². The van der Waals surface area contributed by atoms with E-state index < -0.39 is 0 Å². The molecular weight excluding hydrogens is 196 g/mol. The highest BCUT2D eigenvalue weighted by atomic mass is 15.1. The summed E-state index contributed by atoms with van der Waals surface area (Å²) in [5, 5.41) is 0. The second-order valence-corrected chi connectivity index (χ2v) is 4.31. The largest absolute Gasteiger partial charge is 0.331 e. The molecule has 0 rings (SSSR count). The molecular formula is C14H34N2. The molecule has 0 amide bonds. The Hall–Kier alpha value is -0.0800. The molecule has 0 saturated heterocycles. The van der Waals surface area contributed by atoms with Crippen molar-refractivity contribution in [1.29, 1.82) is 0 Å². The van der Waals surface area contributed by atoms with Crippen LogP contribution >= 0.6 is 0 Å². The molecule has 2 heteroatoms. The van der Waals surface area contributed by atoms with Crippen LogP contribution in [0, 0.1) is 0 Å². The molecule has 2 nitrogen and oxygen atoms in total. The molecule has 0 aromatic carbocycles. The lowest BCUT2D eigenvalue weighted by Crippen LogP contribution is -2.27. The van der Waals surface area contributed by atoms with Crippen LogP contribution in [0.15, 0.2) is 0 Å². The van der Waals surface area contributed by atoms with Crippen molar-refractivity contribution in [2.45, 2.75) is 66.2 Å². The van der Waals surface area contributed by atoms with Gasteiger partial charge in [0.2, 0.25) is 0 Å². The van der Waals surface area contributed by atoms with E-state index in [0.717, 1.165) is 6.54 Å². The third-order valence-electron chi connectivity index (χ3n) is 2.48. The van der Waals surface area contributed by atoms with Gasteiger partial charge in [-0.15, -0.1) is 0 Å². The molecule has 0 heterocycles. The van der Waals surface area contributed by atoms with E-state index in [-0.39, 0.29) is 0 Å². The van der Waals surface area contributed by atoms with Gasteiger partial charge in [-0.05, 0) is 45.4 Å². The predicted octanol–water partition coefficient (Wildman–Crippen LogP) is 3.65. The fraction of sp³-hybridized carbons (Fsp3) is 1.00. The van der Waals surface area contributed by atoms with Crippen LogP contribution < -0.4 is 5.73 Å². The first-order valence-electron chi connectivity index (χ1n) is 7.19. The summed E-state index contributed by atoms with van der Waals surface area (Å²) in [4.78, 5) is 2.64. The fourth-order valence-electron chi connectivity index (χ4n) is 1.48. The molecule has 0 unspecified atom stereocenters. The normalized spacial score (nSPS) is 10.1. The Balaban J connectivity index is 0. The van der Waals surface area contributed by atoms with Crippen molar-refractivity contribution >= 4 is 0 Å². The van der Waals surface area contributed by atoms with Crippen LogP contribution in [0.3, 0.4) is 0 Å². The van der Waals surface area contributed by atoms with Gasteiger partial charge in [0.25, 0.3) is 0 Å². The molecule has 0 aromatic heterocycles. The summed E-state index contributed by atoms with van der Waals surface area (Å²) in [5.41, 5.74) is 4.85. The van der Waals surface area contributed by atoms with Gasteiger partial charge in [0.1, 0.15) is 0 Å². The van der Waals surface area contributed by atoms with E-state index in [1.165, 1.54) is 58.2 Å². The van der Waals surface area contributed by atoms with E-state index >= 15 is 0 Å². The molecule has 16 heavy (non-hydrogen) atoms. The average Bonchev–Trinajstić information content (AvgIpc) is 2.29. The van der Waals surface area contributed by atoms with Crippen LogP contribution in [0.4, 0.5) is 0 Å². The van der Waals surface area contributed by atoms with E-state index in [1.807, 2.05) is 6.92 Å². The Kier molecular flexibility index (Phi) is 19.8. The van der Waals surface area contributed by atoms with Gasteiger partial charge < -0.3 is 10.6 Å². The van der Waals surface area contributed by atoms with Crippen molar-refractivity contribution in [3.05, 3.63) is 0 Å². The summed E-state index contributed by atoms with van der Waals surface area (Å²) in [5.74, 6) is 0. The minimum Gasteiger partial charge on any atom is -0.331 e. The minimum absolute atomic E-state index is 0.750. The molecule has 2 N–H and O–H groups in total. The number of nitrogens with zero attached hydrogens (tertiary/aromatic N) is 1. The van der Waals surface area contributed by atoms with Crippen LogP contribution in [0.1, 0.15) is 66.2 Å². The van der Waals surface area contributed by atoms with Gasteiger partial charge in [-0.2, -0.15) is 0 Å². The van der Waals surface area contributed by atoms with Crippen LogP contribution in [-0.2, 0) is 0 Å². The number of nitrogens with two attached hydrogens (primary N) is 1. The molecule has 0 saturated carbocycles. The highest BCUT2D eigenvalue weighted by Gasteiger charge is 2.01. The van der Waals surface area contributed by atoms with E-state index in [0.29, 0.717) is 0 Å². The van der Waals surface area contributed by atoms with Crippen LogP contribution in [-0.4, -0.2) is 31.1 Å². The first-order chi connectivity index (χ1) is 7.76. The van der Waals surface area contributed by atoms with Crippen molar-refractivity contribution in [2.75, 3.05) is 26.2 Å². The van der Waals surface area contributed by atoms with Crippen molar-refractivity contribution in [3.8, 4) is 0 Å². The van der Waals surface area contributed by atoms with E-state index in [1.54, 1.807) is 0 Å². The van der Waals surface area contributed by atoms with Crippen molar-refractivity contribution in [2.24, 2.45) is 5.73 Å². The van der Waals surface area contributed by atoms with Crippen molar-refractivity contribution < 1.29 is 0 Å². The molecule has 0 aliphatic rings. The highest BCUT2D eigenvalue weighted by Crippen LogP contribution is 2.01. The lowest BCUT2D eigenvalue weighted by molar-refractivity contribution is 0.261. The molecule has 0 atom stereocenters. The maximum absolute atomic E-state index is 4.85. The second-order valence-electron chi connectivity index (χ2n) is 4.31. The Morgan fingerprint density at radius 2 is 0.938 bits per heavy atom. The van der Waals surface area contributed by atoms with E-state index in [9.17, 15) is 0 Å². The Morgan fingerprint density at radius 3 is 1.12 bits per heavy atom. The summed E-state index contributed by atoms with van der Waals surface area (Å²) in [6.45, 7) is 13.4. The molecule has 0 aliphatic carbocycles. The zero-order valence-corrected chi connectivity index (χ0v) is 12.1. The fourth-order valence-corrected chi connectivity index (χ4v) is 1.48. The summed E-state index contributed by atoms with van der Waals surface area (Å²) >= 11 is 0. The second kappa shape index (κ2) is 17.3. The Bertz CT molecular complexity index is 85.9. The van der Waals surface area contributed by atoms with Crippen LogP contribution in [0.5, 0.6) is 0 Å². The highest BCUT2D eigenvalue weighted by molar-refractivity contribution is 4.57. The maximum Gasteiger partial charge on any atom is -0.00188 e. The van der Waals surface area contributed by atoms with Gasteiger partial charge >= 0.3 is 0 Å². The number of hydrogen-bond donors (Lipinski definition) is 1.